The van der Waals surface area contributed by atoms with E-state index in [1.807, 2.05) is 0 Å². The van der Waals surface area contributed by atoms with E-state index in [-0.39, 0.29) is 23.3 Å². The molecule has 0 aliphatic carbocycles. The monoisotopic (exact) mass is 280 g/mol. The van der Waals surface area contributed by atoms with Crippen LogP contribution in [0.3, 0.4) is 0 Å². The maximum Gasteiger partial charge on any atom is 0.334 e. The predicted molar refractivity (Wildman–Crippen MR) is 71.2 cm³/mol. The zero-order valence-electron chi connectivity index (χ0n) is 11.5. The molecule has 1 rings (SSSR count). The van der Waals surface area contributed by atoms with Crippen LogP contribution in [-0.2, 0) is 9.59 Å². The molecular formula is C13H16N2O5. The number of hydrogen-bond donors (Lipinski definition) is 1. The van der Waals surface area contributed by atoms with Gasteiger partial charge in [-0.2, -0.15) is 0 Å². The fourth-order valence-electron chi connectivity index (χ4n) is 1.53. The van der Waals surface area contributed by atoms with Crippen molar-refractivity contribution in [2.45, 2.75) is 26.8 Å². The van der Waals surface area contributed by atoms with Crippen LogP contribution in [0.1, 0.15) is 20.8 Å². The number of rotatable bonds is 5. The third-order valence-electron chi connectivity index (χ3n) is 2.55. The molecule has 1 amide bonds. The van der Waals surface area contributed by atoms with Crippen molar-refractivity contribution in [3.8, 4) is 5.75 Å². The van der Waals surface area contributed by atoms with Crippen molar-refractivity contribution >= 4 is 17.6 Å². The number of ether oxygens (including phenoxy) is 1. The van der Waals surface area contributed by atoms with Gasteiger partial charge in [0.25, 0.3) is 5.69 Å². The molecule has 0 heterocycles. The quantitative estimate of drug-likeness (QED) is 0.383. The minimum Gasteiger partial charge on any atom is -0.425 e. The molecule has 108 valence electrons. The molecule has 0 spiro atoms. The highest BCUT2D eigenvalue weighted by Crippen LogP contribution is 2.18. The Morgan fingerprint density at radius 2 is 1.80 bits per heavy atom. The lowest BCUT2D eigenvalue weighted by Gasteiger charge is -2.19. The number of hydrogen-bond acceptors (Lipinski definition) is 5. The van der Waals surface area contributed by atoms with Gasteiger partial charge in [0, 0.05) is 19.1 Å². The van der Waals surface area contributed by atoms with Gasteiger partial charge in [0.15, 0.2) is 0 Å². The van der Waals surface area contributed by atoms with Crippen LogP contribution in [0.2, 0.25) is 0 Å². The van der Waals surface area contributed by atoms with E-state index in [0.29, 0.717) is 0 Å². The van der Waals surface area contributed by atoms with Crippen LogP contribution >= 0.6 is 0 Å². The van der Waals surface area contributed by atoms with Crippen molar-refractivity contribution in [2.75, 3.05) is 0 Å². The first kappa shape index (κ1) is 15.6. The Kier molecular flexibility index (Phi) is 5.19. The van der Waals surface area contributed by atoms with E-state index in [0.717, 1.165) is 0 Å². The lowest BCUT2D eigenvalue weighted by Crippen LogP contribution is -2.45. The summed E-state index contributed by atoms with van der Waals surface area (Å²) in [5, 5.41) is 13.0. The average Bonchev–Trinajstić information content (AvgIpc) is 2.35. The summed E-state index contributed by atoms with van der Waals surface area (Å²) in [7, 11) is 0. The standard InChI is InChI=1S/C13H16N2O5/c1-8(2)12(14-9(3)16)13(17)20-11-6-4-10(5-7-11)15(18)19/h4-8,12H,1-3H3,(H,14,16)/t12-/m0/s1. The van der Waals surface area contributed by atoms with Crippen molar-refractivity contribution in [2.24, 2.45) is 5.92 Å². The van der Waals surface area contributed by atoms with E-state index in [4.69, 9.17) is 4.74 Å². The number of non-ortho nitro benzene ring substituents is 1. The summed E-state index contributed by atoms with van der Waals surface area (Å²) < 4.78 is 5.10. The highest BCUT2D eigenvalue weighted by Gasteiger charge is 2.25. The SMILES string of the molecule is CC(=O)N[C@H](C(=O)Oc1ccc([N+](=O)[O-])cc1)C(C)C. The van der Waals surface area contributed by atoms with Gasteiger partial charge in [-0.05, 0) is 18.1 Å². The average molecular weight is 280 g/mol. The highest BCUT2D eigenvalue weighted by atomic mass is 16.6. The van der Waals surface area contributed by atoms with Crippen LogP contribution in [0.15, 0.2) is 24.3 Å². The summed E-state index contributed by atoms with van der Waals surface area (Å²) in [5.41, 5.74) is -0.0907. The van der Waals surface area contributed by atoms with Gasteiger partial charge in [0.2, 0.25) is 5.91 Å². The molecule has 0 saturated carbocycles. The van der Waals surface area contributed by atoms with Crippen LogP contribution in [0.5, 0.6) is 5.75 Å². The van der Waals surface area contributed by atoms with E-state index >= 15 is 0 Å². The molecule has 0 aliphatic heterocycles. The normalized spacial score (nSPS) is 11.8. The largest absolute Gasteiger partial charge is 0.425 e. The molecule has 0 aromatic heterocycles. The molecular weight excluding hydrogens is 264 g/mol. The third-order valence-corrected chi connectivity index (χ3v) is 2.55. The van der Waals surface area contributed by atoms with Gasteiger partial charge in [-0.1, -0.05) is 13.8 Å². The number of nitro groups is 1. The van der Waals surface area contributed by atoms with Gasteiger partial charge in [0.05, 0.1) is 4.92 Å². The van der Waals surface area contributed by atoms with Crippen molar-refractivity contribution in [3.63, 3.8) is 0 Å². The first-order valence-corrected chi connectivity index (χ1v) is 6.04. The zero-order valence-corrected chi connectivity index (χ0v) is 11.5. The maximum atomic E-state index is 11.9. The summed E-state index contributed by atoms with van der Waals surface area (Å²) in [5.74, 6) is -0.880. The maximum absolute atomic E-state index is 11.9. The molecule has 0 unspecified atom stereocenters. The van der Waals surface area contributed by atoms with Crippen molar-refractivity contribution < 1.29 is 19.2 Å². The van der Waals surface area contributed by atoms with E-state index in [1.54, 1.807) is 13.8 Å². The molecule has 7 heteroatoms. The van der Waals surface area contributed by atoms with Gasteiger partial charge < -0.3 is 10.1 Å². The van der Waals surface area contributed by atoms with Gasteiger partial charge in [-0.15, -0.1) is 0 Å². The van der Waals surface area contributed by atoms with Gasteiger partial charge in [-0.3, -0.25) is 14.9 Å². The van der Waals surface area contributed by atoms with Crippen molar-refractivity contribution in [1.82, 2.24) is 5.32 Å². The van der Waals surface area contributed by atoms with Gasteiger partial charge in [0.1, 0.15) is 11.8 Å². The fourth-order valence-corrected chi connectivity index (χ4v) is 1.53. The summed E-state index contributed by atoms with van der Waals surface area (Å²) in [6, 6.07) is 4.39. The first-order chi connectivity index (χ1) is 9.31. The third kappa shape index (κ3) is 4.34. The number of carbonyl (C=O) groups is 2. The number of nitrogens with zero attached hydrogens (tertiary/aromatic N) is 1. The molecule has 0 aliphatic rings. The van der Waals surface area contributed by atoms with Crippen molar-refractivity contribution in [1.29, 1.82) is 0 Å². The summed E-state index contributed by atoms with van der Waals surface area (Å²) in [6.07, 6.45) is 0. The van der Waals surface area contributed by atoms with E-state index in [2.05, 4.69) is 5.32 Å². The molecule has 7 nitrogen and oxygen atoms in total. The Balaban J connectivity index is 2.77. The number of amides is 1. The molecule has 1 aromatic rings. The Labute approximate surface area is 116 Å². The topological polar surface area (TPSA) is 98.5 Å². The molecule has 0 saturated heterocycles. The van der Waals surface area contributed by atoms with E-state index in [1.165, 1.54) is 31.2 Å². The van der Waals surface area contributed by atoms with E-state index in [9.17, 15) is 19.7 Å². The Bertz CT molecular complexity index is 510. The molecule has 20 heavy (non-hydrogen) atoms. The molecule has 1 N–H and O–H groups in total. The second kappa shape index (κ2) is 6.65. The summed E-state index contributed by atoms with van der Waals surface area (Å²) >= 11 is 0. The number of carbonyl (C=O) groups excluding carboxylic acids is 2. The van der Waals surface area contributed by atoms with Gasteiger partial charge in [-0.25, -0.2) is 4.79 Å². The highest BCUT2D eigenvalue weighted by molar-refractivity contribution is 5.84. The fraction of sp³-hybridized carbons (Fsp3) is 0.385. The lowest BCUT2D eigenvalue weighted by atomic mass is 10.0. The second-order valence-corrected chi connectivity index (χ2v) is 4.59. The van der Waals surface area contributed by atoms with Crippen molar-refractivity contribution in [3.05, 3.63) is 34.4 Å². The number of benzene rings is 1. The van der Waals surface area contributed by atoms with Gasteiger partial charge >= 0.3 is 5.97 Å². The van der Waals surface area contributed by atoms with Crippen LogP contribution in [0.25, 0.3) is 0 Å². The summed E-state index contributed by atoms with van der Waals surface area (Å²) in [6.45, 7) is 4.87. The second-order valence-electron chi connectivity index (χ2n) is 4.59. The van der Waals surface area contributed by atoms with Crippen LogP contribution < -0.4 is 10.1 Å². The van der Waals surface area contributed by atoms with Crippen LogP contribution in [0, 0.1) is 16.0 Å². The molecule has 1 aromatic carbocycles. The Morgan fingerprint density at radius 3 is 2.20 bits per heavy atom. The summed E-state index contributed by atoms with van der Waals surface area (Å²) in [4.78, 5) is 32.9. The molecule has 0 bridgehead atoms. The Hall–Kier alpha value is -2.44. The minimum absolute atomic E-state index is 0.0907. The molecule has 0 radical (unpaired) electrons. The Morgan fingerprint density at radius 1 is 1.25 bits per heavy atom. The number of nitrogens with one attached hydrogen (secondary N) is 1. The number of nitro benzene ring substituents is 1. The lowest BCUT2D eigenvalue weighted by molar-refractivity contribution is -0.384. The number of esters is 1. The van der Waals surface area contributed by atoms with Crippen LogP contribution in [-0.4, -0.2) is 22.8 Å². The smallest absolute Gasteiger partial charge is 0.334 e. The zero-order chi connectivity index (χ0) is 15.3. The van der Waals surface area contributed by atoms with Crippen LogP contribution in [0.4, 0.5) is 5.69 Å². The van der Waals surface area contributed by atoms with E-state index < -0.39 is 16.9 Å². The minimum atomic E-state index is -0.761. The molecule has 0 fully saturated rings. The first-order valence-electron chi connectivity index (χ1n) is 6.04. The molecule has 1 atom stereocenters. The predicted octanol–water partition coefficient (Wildman–Crippen LogP) is 1.66.